The van der Waals surface area contributed by atoms with E-state index in [1.807, 2.05) is 50.2 Å². The van der Waals surface area contributed by atoms with E-state index in [1.54, 1.807) is 7.05 Å². The van der Waals surface area contributed by atoms with Crippen molar-refractivity contribution in [3.63, 3.8) is 0 Å². The van der Waals surface area contributed by atoms with Crippen LogP contribution in [0.15, 0.2) is 42.7 Å². The predicted octanol–water partition coefficient (Wildman–Crippen LogP) is 2.19. The monoisotopic (exact) mass is 360 g/mol. The molecule has 136 valence electrons. The molecule has 6 nitrogen and oxygen atoms in total. The van der Waals surface area contributed by atoms with Crippen LogP contribution >= 0.6 is 0 Å². The lowest BCUT2D eigenvalue weighted by Gasteiger charge is -2.15. The molecule has 3 aromatic rings. The fraction of sp³-hybridized carbons (Fsp3) is 0.238. The molecule has 1 N–H and O–H groups in total. The van der Waals surface area contributed by atoms with Crippen molar-refractivity contribution in [2.75, 3.05) is 13.6 Å². The summed E-state index contributed by atoms with van der Waals surface area (Å²) in [6, 6.07) is 11.3. The van der Waals surface area contributed by atoms with E-state index in [-0.39, 0.29) is 0 Å². The molecule has 0 aliphatic carbocycles. The quantitative estimate of drug-likeness (QED) is 0.725. The Morgan fingerprint density at radius 2 is 2.07 bits per heavy atom. The first-order valence-corrected chi connectivity index (χ1v) is 8.63. The molecule has 0 aliphatic rings. The molecule has 0 bridgehead atoms. The van der Waals surface area contributed by atoms with Crippen molar-refractivity contribution >= 4 is 16.9 Å². The largest absolute Gasteiger partial charge is 0.372 e. The van der Waals surface area contributed by atoms with Crippen LogP contribution in [0.2, 0.25) is 0 Å². The normalized spacial score (nSPS) is 11.6. The summed E-state index contributed by atoms with van der Waals surface area (Å²) in [5, 5.41) is 9.92. The third-order valence-electron chi connectivity index (χ3n) is 4.26. The van der Waals surface area contributed by atoms with Crippen molar-refractivity contribution in [1.29, 1.82) is 0 Å². The van der Waals surface area contributed by atoms with Gasteiger partial charge in [-0.1, -0.05) is 24.0 Å². The molecule has 2 heterocycles. The molecular weight excluding hydrogens is 340 g/mol. The van der Waals surface area contributed by atoms with Gasteiger partial charge in [-0.15, -0.1) is 0 Å². The summed E-state index contributed by atoms with van der Waals surface area (Å²) in [7, 11) is 1.63. The molecule has 1 aromatic carbocycles. The van der Waals surface area contributed by atoms with Gasteiger partial charge in [0.2, 0.25) is 0 Å². The summed E-state index contributed by atoms with van der Waals surface area (Å²) in [6.45, 7) is 4.25. The highest BCUT2D eigenvalue weighted by atomic mass is 16.3. The first-order valence-electron chi connectivity index (χ1n) is 8.63. The van der Waals surface area contributed by atoms with Crippen LogP contribution < -0.4 is 0 Å². The highest BCUT2D eigenvalue weighted by molar-refractivity contribution is 5.83. The number of benzene rings is 1. The Balaban J connectivity index is 1.90. The molecule has 0 fully saturated rings. The second-order valence-corrected chi connectivity index (χ2v) is 6.13. The molecule has 0 radical (unpaired) electrons. The Morgan fingerprint density at radius 1 is 1.26 bits per heavy atom. The summed E-state index contributed by atoms with van der Waals surface area (Å²) in [5.74, 6) is 5.06. The van der Waals surface area contributed by atoms with Gasteiger partial charge in [-0.25, -0.2) is 15.0 Å². The molecule has 0 saturated carbocycles. The smallest absolute Gasteiger partial charge is 0.263 e. The van der Waals surface area contributed by atoms with Gasteiger partial charge >= 0.3 is 0 Å². The Labute approximate surface area is 157 Å². The maximum atomic E-state index is 11.9. The van der Waals surface area contributed by atoms with Crippen molar-refractivity contribution in [2.24, 2.45) is 0 Å². The van der Waals surface area contributed by atoms with Crippen LogP contribution in [0.4, 0.5) is 0 Å². The van der Waals surface area contributed by atoms with E-state index in [9.17, 15) is 9.90 Å². The number of nitrogens with zero attached hydrogens (tertiary/aromatic N) is 4. The van der Waals surface area contributed by atoms with Crippen molar-refractivity contribution in [1.82, 2.24) is 19.9 Å². The van der Waals surface area contributed by atoms with Crippen LogP contribution in [0.5, 0.6) is 0 Å². The minimum absolute atomic E-state index is 0.409. The van der Waals surface area contributed by atoms with E-state index in [1.165, 1.54) is 11.2 Å². The average Bonchev–Trinajstić information content (AvgIpc) is 2.71. The summed E-state index contributed by atoms with van der Waals surface area (Å²) < 4.78 is 0. The minimum atomic E-state index is -1.34. The third kappa shape index (κ3) is 4.10. The molecule has 6 heteroatoms. The van der Waals surface area contributed by atoms with Gasteiger partial charge in [-0.05, 0) is 38.1 Å². The predicted molar refractivity (Wildman–Crippen MR) is 104 cm³/mol. The maximum absolute atomic E-state index is 11.9. The lowest BCUT2D eigenvalue weighted by molar-refractivity contribution is -0.135. The first-order chi connectivity index (χ1) is 13.0. The van der Waals surface area contributed by atoms with E-state index in [0.717, 1.165) is 28.0 Å². The van der Waals surface area contributed by atoms with Crippen LogP contribution in [0, 0.1) is 18.8 Å². The number of pyridine rings is 1. The second-order valence-electron chi connectivity index (χ2n) is 6.13. The molecule has 1 amide bonds. The average molecular weight is 360 g/mol. The Bertz CT molecular complexity index is 1050. The van der Waals surface area contributed by atoms with Gasteiger partial charge in [-0.2, -0.15) is 0 Å². The number of amides is 1. The molecule has 3 rings (SSSR count). The van der Waals surface area contributed by atoms with Crippen LogP contribution in [0.1, 0.15) is 18.2 Å². The van der Waals surface area contributed by atoms with Crippen LogP contribution in [0.25, 0.3) is 22.3 Å². The molecule has 0 unspecified atom stereocenters. The molecule has 27 heavy (non-hydrogen) atoms. The summed E-state index contributed by atoms with van der Waals surface area (Å²) in [6.07, 6.45) is 0.190. The number of hydrogen-bond acceptors (Lipinski definition) is 5. The van der Waals surface area contributed by atoms with Crippen molar-refractivity contribution in [2.45, 2.75) is 20.0 Å². The highest BCUT2D eigenvalue weighted by Gasteiger charge is 2.15. The number of aliphatic hydroxyl groups excluding tert-OH is 1. The van der Waals surface area contributed by atoms with Crippen molar-refractivity contribution < 1.29 is 9.90 Å². The lowest BCUT2D eigenvalue weighted by atomic mass is 10.1. The molecule has 0 spiro atoms. The highest BCUT2D eigenvalue weighted by Crippen LogP contribution is 2.21. The van der Waals surface area contributed by atoms with Crippen LogP contribution in [0.3, 0.4) is 0 Å². The summed E-state index contributed by atoms with van der Waals surface area (Å²) in [5.41, 5.74) is 4.74. The number of carbonyl (C=O) groups is 1. The van der Waals surface area contributed by atoms with Crippen molar-refractivity contribution in [3.05, 3.63) is 54.0 Å². The number of rotatable bonds is 3. The number of aromatic nitrogens is 3. The van der Waals surface area contributed by atoms with Gasteiger partial charge in [0.15, 0.2) is 6.10 Å². The fourth-order valence-corrected chi connectivity index (χ4v) is 2.56. The van der Waals surface area contributed by atoms with Crippen molar-refractivity contribution in [3.8, 4) is 23.1 Å². The van der Waals surface area contributed by atoms with E-state index in [4.69, 9.17) is 0 Å². The molecule has 2 aromatic heterocycles. The van der Waals surface area contributed by atoms with Crippen LogP contribution in [-0.4, -0.2) is 50.6 Å². The molecule has 0 saturated heterocycles. The number of likely N-dealkylation sites (N-methyl/N-ethyl adjacent to an activating group) is 1. The zero-order valence-electron chi connectivity index (χ0n) is 15.5. The van der Waals surface area contributed by atoms with Gasteiger partial charge in [0.05, 0.1) is 16.9 Å². The maximum Gasteiger partial charge on any atom is 0.263 e. The molecule has 0 aliphatic heterocycles. The van der Waals surface area contributed by atoms with Gasteiger partial charge in [0.25, 0.3) is 5.91 Å². The second kappa shape index (κ2) is 7.94. The Kier molecular flexibility index (Phi) is 5.43. The van der Waals surface area contributed by atoms with Gasteiger partial charge in [-0.3, -0.25) is 4.79 Å². The lowest BCUT2D eigenvalue weighted by Crippen LogP contribution is -2.35. The molecule has 1 atom stereocenters. The third-order valence-corrected chi connectivity index (χ3v) is 4.26. The van der Waals surface area contributed by atoms with Gasteiger partial charge in [0.1, 0.15) is 11.8 Å². The Hall–Kier alpha value is -3.30. The van der Waals surface area contributed by atoms with Gasteiger partial charge in [0, 0.05) is 24.7 Å². The number of aliphatic hydroxyl groups is 1. The van der Waals surface area contributed by atoms with Gasteiger partial charge < -0.3 is 10.0 Å². The zero-order chi connectivity index (χ0) is 19.4. The zero-order valence-corrected chi connectivity index (χ0v) is 15.5. The van der Waals surface area contributed by atoms with E-state index >= 15 is 0 Å². The van der Waals surface area contributed by atoms with E-state index < -0.39 is 12.0 Å². The number of fused-ring (bicyclic) bond motifs is 1. The first kappa shape index (κ1) is 18.5. The minimum Gasteiger partial charge on any atom is -0.372 e. The topological polar surface area (TPSA) is 79.2 Å². The fourth-order valence-electron chi connectivity index (χ4n) is 2.56. The summed E-state index contributed by atoms with van der Waals surface area (Å²) >= 11 is 0. The SMILES string of the molecule is CCN(C)C(=O)[C@H](O)C#Cc1cccc(-c2ccc3ncnc(C)c3n2)c1. The standard InChI is InChI=1S/C21H20N4O2/c1-4-25(3)21(27)19(26)11-8-15-6-5-7-16(12-15)17-9-10-18-20(24-17)14(2)22-13-23-18/h5-7,9-10,12-13,19,26H,4H2,1-3H3/t19-/m1/s1. The number of hydrogen-bond donors (Lipinski definition) is 1. The van der Waals surface area contributed by atoms with E-state index in [2.05, 4.69) is 26.8 Å². The Morgan fingerprint density at radius 3 is 2.85 bits per heavy atom. The van der Waals surface area contributed by atoms with E-state index in [0.29, 0.717) is 12.1 Å². The summed E-state index contributed by atoms with van der Waals surface area (Å²) in [4.78, 5) is 26.4. The number of aryl methyl sites for hydroxylation is 1. The van der Waals surface area contributed by atoms with Crippen LogP contribution in [-0.2, 0) is 4.79 Å². The number of carbonyl (C=O) groups excluding carboxylic acids is 1. The molecular formula is C21H20N4O2.